The zero-order valence-electron chi connectivity index (χ0n) is 10.7. The Morgan fingerprint density at radius 2 is 1.93 bits per heavy atom. The fraction of sp³-hybridized carbons (Fsp3) is 0.917. The van der Waals surface area contributed by atoms with Gasteiger partial charge >= 0.3 is 0 Å². The SMILES string of the molecule is CC1CC(C)C(C)N(C(N)=NC(C)C)C1. The molecule has 0 spiro atoms. The first-order valence-corrected chi connectivity index (χ1v) is 6.01. The van der Waals surface area contributed by atoms with Crippen LogP contribution in [0.3, 0.4) is 0 Å². The second-order valence-corrected chi connectivity index (χ2v) is 5.29. The summed E-state index contributed by atoms with van der Waals surface area (Å²) in [7, 11) is 0. The second kappa shape index (κ2) is 4.86. The lowest BCUT2D eigenvalue weighted by molar-refractivity contribution is 0.145. The summed E-state index contributed by atoms with van der Waals surface area (Å²) in [6, 6.07) is 0.799. The fourth-order valence-electron chi connectivity index (χ4n) is 2.36. The maximum Gasteiger partial charge on any atom is 0.191 e. The quantitative estimate of drug-likeness (QED) is 0.533. The molecule has 0 aromatic carbocycles. The summed E-state index contributed by atoms with van der Waals surface area (Å²) < 4.78 is 0. The minimum absolute atomic E-state index is 0.282. The summed E-state index contributed by atoms with van der Waals surface area (Å²) in [6.45, 7) is 12.0. The van der Waals surface area contributed by atoms with Gasteiger partial charge in [-0.25, -0.2) is 0 Å². The highest BCUT2D eigenvalue weighted by atomic mass is 15.3. The van der Waals surface area contributed by atoms with Gasteiger partial charge < -0.3 is 10.6 Å². The van der Waals surface area contributed by atoms with Gasteiger partial charge in [0.15, 0.2) is 5.96 Å². The Balaban J connectivity index is 2.74. The van der Waals surface area contributed by atoms with Gasteiger partial charge in [-0.05, 0) is 39.0 Å². The molecule has 0 radical (unpaired) electrons. The Hall–Kier alpha value is -0.730. The van der Waals surface area contributed by atoms with Gasteiger partial charge in [0.2, 0.25) is 0 Å². The van der Waals surface area contributed by atoms with Crippen molar-refractivity contribution in [1.82, 2.24) is 4.90 Å². The standard InChI is InChI=1S/C12H25N3/c1-8(2)14-12(13)15-7-9(3)6-10(4)11(15)5/h8-11H,6-7H2,1-5H3,(H2,13,14). The van der Waals surface area contributed by atoms with E-state index in [-0.39, 0.29) is 6.04 Å². The molecular formula is C12H25N3. The van der Waals surface area contributed by atoms with E-state index in [4.69, 9.17) is 5.73 Å². The van der Waals surface area contributed by atoms with E-state index in [1.54, 1.807) is 0 Å². The minimum atomic E-state index is 0.282. The number of likely N-dealkylation sites (tertiary alicyclic amines) is 1. The maximum absolute atomic E-state index is 6.04. The smallest absolute Gasteiger partial charge is 0.191 e. The van der Waals surface area contributed by atoms with Crippen molar-refractivity contribution in [3.63, 3.8) is 0 Å². The summed E-state index contributed by atoms with van der Waals surface area (Å²) in [5.41, 5.74) is 6.04. The number of hydrogen-bond acceptors (Lipinski definition) is 1. The van der Waals surface area contributed by atoms with Crippen molar-refractivity contribution in [2.75, 3.05) is 6.54 Å². The van der Waals surface area contributed by atoms with Gasteiger partial charge in [0.05, 0.1) is 0 Å². The normalized spacial score (nSPS) is 33.6. The van der Waals surface area contributed by atoms with Crippen molar-refractivity contribution >= 4 is 5.96 Å². The Morgan fingerprint density at radius 1 is 1.33 bits per heavy atom. The summed E-state index contributed by atoms with van der Waals surface area (Å²) >= 11 is 0. The van der Waals surface area contributed by atoms with E-state index >= 15 is 0 Å². The van der Waals surface area contributed by atoms with Crippen LogP contribution in [0.1, 0.15) is 41.0 Å². The number of rotatable bonds is 1. The van der Waals surface area contributed by atoms with Gasteiger partial charge in [0.1, 0.15) is 0 Å². The third-order valence-corrected chi connectivity index (χ3v) is 3.28. The number of guanidine groups is 1. The van der Waals surface area contributed by atoms with Gasteiger partial charge in [0.25, 0.3) is 0 Å². The summed E-state index contributed by atoms with van der Waals surface area (Å²) in [6.07, 6.45) is 1.30. The van der Waals surface area contributed by atoms with Crippen molar-refractivity contribution < 1.29 is 0 Å². The molecule has 1 fully saturated rings. The second-order valence-electron chi connectivity index (χ2n) is 5.29. The van der Waals surface area contributed by atoms with E-state index in [1.807, 2.05) is 0 Å². The zero-order chi connectivity index (χ0) is 11.6. The molecule has 1 aliphatic rings. The first kappa shape index (κ1) is 12.3. The topological polar surface area (TPSA) is 41.6 Å². The van der Waals surface area contributed by atoms with Crippen molar-refractivity contribution in [3.05, 3.63) is 0 Å². The van der Waals surface area contributed by atoms with Crippen molar-refractivity contribution in [2.24, 2.45) is 22.6 Å². The summed E-state index contributed by atoms with van der Waals surface area (Å²) in [5.74, 6) is 2.14. The minimum Gasteiger partial charge on any atom is -0.370 e. The molecule has 3 unspecified atom stereocenters. The molecule has 1 aliphatic heterocycles. The van der Waals surface area contributed by atoms with Gasteiger partial charge in [0, 0.05) is 18.6 Å². The Bertz CT molecular complexity index is 235. The van der Waals surface area contributed by atoms with Crippen LogP contribution in [0.25, 0.3) is 0 Å². The molecular weight excluding hydrogens is 186 g/mol. The Kier molecular flexibility index (Phi) is 4.00. The molecule has 0 amide bonds. The van der Waals surface area contributed by atoms with Crippen LogP contribution in [-0.4, -0.2) is 29.5 Å². The molecule has 1 saturated heterocycles. The van der Waals surface area contributed by atoms with Gasteiger partial charge in [-0.2, -0.15) is 0 Å². The molecule has 0 aromatic heterocycles. The zero-order valence-corrected chi connectivity index (χ0v) is 10.7. The largest absolute Gasteiger partial charge is 0.370 e. The molecule has 0 aliphatic carbocycles. The molecule has 1 rings (SSSR count). The van der Waals surface area contributed by atoms with Crippen LogP contribution < -0.4 is 5.73 Å². The van der Waals surface area contributed by atoms with Crippen LogP contribution in [0.2, 0.25) is 0 Å². The van der Waals surface area contributed by atoms with Crippen LogP contribution in [0.5, 0.6) is 0 Å². The molecule has 3 nitrogen and oxygen atoms in total. The molecule has 0 aromatic rings. The predicted octanol–water partition coefficient (Wildman–Crippen LogP) is 2.08. The fourth-order valence-corrected chi connectivity index (χ4v) is 2.36. The third-order valence-electron chi connectivity index (χ3n) is 3.28. The molecule has 88 valence electrons. The molecule has 0 saturated carbocycles. The lowest BCUT2D eigenvalue weighted by Gasteiger charge is -2.41. The van der Waals surface area contributed by atoms with Crippen molar-refractivity contribution in [1.29, 1.82) is 0 Å². The molecule has 3 heteroatoms. The first-order valence-electron chi connectivity index (χ1n) is 6.01. The molecule has 15 heavy (non-hydrogen) atoms. The average molecular weight is 211 g/mol. The van der Waals surface area contributed by atoms with Gasteiger partial charge in [-0.1, -0.05) is 13.8 Å². The average Bonchev–Trinajstić information content (AvgIpc) is 2.09. The highest BCUT2D eigenvalue weighted by molar-refractivity contribution is 5.78. The van der Waals surface area contributed by atoms with Crippen LogP contribution in [0, 0.1) is 11.8 Å². The Labute approximate surface area is 93.7 Å². The van der Waals surface area contributed by atoms with Gasteiger partial charge in [-0.15, -0.1) is 0 Å². The molecule has 2 N–H and O–H groups in total. The third kappa shape index (κ3) is 3.11. The molecule has 1 heterocycles. The van der Waals surface area contributed by atoms with E-state index in [1.165, 1.54) is 6.42 Å². The van der Waals surface area contributed by atoms with Gasteiger partial charge in [-0.3, -0.25) is 4.99 Å². The van der Waals surface area contributed by atoms with Crippen LogP contribution in [0.15, 0.2) is 4.99 Å². The lowest BCUT2D eigenvalue weighted by Crippen LogP contribution is -2.52. The van der Waals surface area contributed by atoms with E-state index in [0.29, 0.717) is 12.0 Å². The number of piperidine rings is 1. The highest BCUT2D eigenvalue weighted by Crippen LogP contribution is 2.26. The van der Waals surface area contributed by atoms with Crippen LogP contribution >= 0.6 is 0 Å². The van der Waals surface area contributed by atoms with E-state index in [2.05, 4.69) is 44.5 Å². The summed E-state index contributed by atoms with van der Waals surface area (Å²) in [5, 5.41) is 0. The molecule has 3 atom stereocenters. The Morgan fingerprint density at radius 3 is 2.47 bits per heavy atom. The first-order chi connectivity index (χ1) is 6.91. The number of aliphatic imine (C=N–C) groups is 1. The van der Waals surface area contributed by atoms with E-state index in [0.717, 1.165) is 18.4 Å². The van der Waals surface area contributed by atoms with E-state index < -0.39 is 0 Å². The number of hydrogen-bond donors (Lipinski definition) is 1. The van der Waals surface area contributed by atoms with Crippen LogP contribution in [-0.2, 0) is 0 Å². The lowest BCUT2D eigenvalue weighted by atomic mass is 9.86. The predicted molar refractivity (Wildman–Crippen MR) is 65.9 cm³/mol. The van der Waals surface area contributed by atoms with Crippen molar-refractivity contribution in [3.8, 4) is 0 Å². The summed E-state index contributed by atoms with van der Waals surface area (Å²) in [4.78, 5) is 6.70. The number of nitrogens with zero attached hydrogens (tertiary/aromatic N) is 2. The van der Waals surface area contributed by atoms with Crippen molar-refractivity contribution in [2.45, 2.75) is 53.1 Å². The molecule has 0 bridgehead atoms. The maximum atomic E-state index is 6.04. The monoisotopic (exact) mass is 211 g/mol. The van der Waals surface area contributed by atoms with E-state index in [9.17, 15) is 0 Å². The highest BCUT2D eigenvalue weighted by Gasteiger charge is 2.29. The van der Waals surface area contributed by atoms with Crippen LogP contribution in [0.4, 0.5) is 0 Å². The number of nitrogens with two attached hydrogens (primary N) is 1.